The lowest BCUT2D eigenvalue weighted by Crippen LogP contribution is -2.50. The molecule has 5 rings (SSSR count). The number of rotatable bonds is 4. The Morgan fingerprint density at radius 3 is 2.57 bits per heavy atom. The van der Waals surface area contributed by atoms with Gasteiger partial charge in [-0.2, -0.15) is 0 Å². The van der Waals surface area contributed by atoms with Gasteiger partial charge >= 0.3 is 0 Å². The van der Waals surface area contributed by atoms with E-state index in [1.807, 2.05) is 5.57 Å². The fourth-order valence-electron chi connectivity index (χ4n) is 9.06. The molecular weight excluding hydrogens is 360 g/mol. The van der Waals surface area contributed by atoms with Crippen molar-refractivity contribution in [3.05, 3.63) is 47.5 Å². The smallest absolute Gasteiger partial charge is 0.00851 e. The van der Waals surface area contributed by atoms with Crippen LogP contribution in [0.25, 0.3) is 0 Å². The van der Waals surface area contributed by atoms with Crippen LogP contribution in [0.4, 0.5) is 0 Å². The zero-order valence-electron chi connectivity index (χ0n) is 20.0. The van der Waals surface area contributed by atoms with E-state index in [9.17, 15) is 0 Å². The van der Waals surface area contributed by atoms with Gasteiger partial charge in [-0.3, -0.25) is 0 Å². The average Bonchev–Trinajstić information content (AvgIpc) is 3.10. The molecular formula is C30H44. The summed E-state index contributed by atoms with van der Waals surface area (Å²) < 4.78 is 0. The zero-order chi connectivity index (χ0) is 20.9. The van der Waals surface area contributed by atoms with Gasteiger partial charge in [0.05, 0.1) is 0 Å². The van der Waals surface area contributed by atoms with E-state index in [1.54, 1.807) is 0 Å². The van der Waals surface area contributed by atoms with E-state index >= 15 is 0 Å². The number of allylic oxidation sites excluding steroid dienone is 2. The van der Waals surface area contributed by atoms with Crippen molar-refractivity contribution in [1.29, 1.82) is 0 Å². The molecule has 4 aliphatic carbocycles. The largest absolute Gasteiger partial charge is 0.0845 e. The molecule has 0 heterocycles. The van der Waals surface area contributed by atoms with Crippen molar-refractivity contribution in [2.24, 2.45) is 46.3 Å². The molecule has 3 saturated carbocycles. The van der Waals surface area contributed by atoms with Crippen LogP contribution < -0.4 is 0 Å². The minimum Gasteiger partial charge on any atom is -0.0845 e. The Bertz CT molecular complexity index is 774. The first-order valence-electron chi connectivity index (χ1n) is 13.2. The van der Waals surface area contributed by atoms with Crippen molar-refractivity contribution in [3.8, 4) is 0 Å². The number of hydrogen-bond donors (Lipinski definition) is 0. The van der Waals surface area contributed by atoms with Crippen LogP contribution in [0.15, 0.2) is 42.0 Å². The molecule has 0 spiro atoms. The lowest BCUT2D eigenvalue weighted by atomic mass is 9.46. The normalized spacial score (nSPS) is 43.9. The van der Waals surface area contributed by atoms with Crippen molar-refractivity contribution < 1.29 is 0 Å². The maximum Gasteiger partial charge on any atom is -0.00851 e. The van der Waals surface area contributed by atoms with Gasteiger partial charge in [-0.1, -0.05) is 69.7 Å². The molecule has 3 fully saturated rings. The summed E-state index contributed by atoms with van der Waals surface area (Å²) in [6.07, 6.45) is 17.1. The van der Waals surface area contributed by atoms with Crippen LogP contribution in [0.3, 0.4) is 0 Å². The Morgan fingerprint density at radius 1 is 0.967 bits per heavy atom. The molecule has 1 unspecified atom stereocenters. The Kier molecular flexibility index (Phi) is 5.44. The molecule has 0 aliphatic heterocycles. The first-order chi connectivity index (χ1) is 14.4. The van der Waals surface area contributed by atoms with Crippen LogP contribution in [0.5, 0.6) is 0 Å². The molecule has 4 aliphatic rings. The second kappa shape index (κ2) is 7.83. The average molecular weight is 405 g/mol. The van der Waals surface area contributed by atoms with Crippen LogP contribution >= 0.6 is 0 Å². The Morgan fingerprint density at radius 2 is 1.77 bits per heavy atom. The molecule has 0 bridgehead atoms. The molecule has 0 saturated heterocycles. The molecule has 1 aromatic rings. The number of fused-ring (bicyclic) bond motifs is 5. The lowest BCUT2D eigenvalue weighted by molar-refractivity contribution is -0.0521. The summed E-state index contributed by atoms with van der Waals surface area (Å²) >= 11 is 0. The maximum atomic E-state index is 2.74. The molecule has 0 heteroatoms. The van der Waals surface area contributed by atoms with Gasteiger partial charge in [-0.05, 0) is 116 Å². The van der Waals surface area contributed by atoms with E-state index < -0.39 is 0 Å². The van der Waals surface area contributed by atoms with Crippen LogP contribution in [0.2, 0.25) is 0 Å². The van der Waals surface area contributed by atoms with Gasteiger partial charge in [0.2, 0.25) is 0 Å². The van der Waals surface area contributed by atoms with E-state index in [0.29, 0.717) is 10.8 Å². The monoisotopic (exact) mass is 404 g/mol. The molecule has 0 aromatic heterocycles. The predicted octanol–water partition coefficient (Wildman–Crippen LogP) is 8.47. The number of hydrogen-bond acceptors (Lipinski definition) is 0. The summed E-state index contributed by atoms with van der Waals surface area (Å²) in [6.45, 7) is 10.4. The second-order valence-electron chi connectivity index (χ2n) is 12.3. The van der Waals surface area contributed by atoms with Crippen LogP contribution in [0, 0.1) is 46.3 Å². The predicted molar refractivity (Wildman–Crippen MR) is 128 cm³/mol. The third-order valence-electron chi connectivity index (χ3n) is 10.8. The minimum atomic E-state index is 0.535. The van der Waals surface area contributed by atoms with Crippen LogP contribution in [0.1, 0.15) is 91.0 Å². The van der Waals surface area contributed by atoms with Gasteiger partial charge in [0.15, 0.2) is 0 Å². The van der Waals surface area contributed by atoms with Gasteiger partial charge in [0.1, 0.15) is 0 Å². The summed E-state index contributed by atoms with van der Waals surface area (Å²) in [5, 5.41) is 0. The van der Waals surface area contributed by atoms with Crippen molar-refractivity contribution in [1.82, 2.24) is 0 Å². The van der Waals surface area contributed by atoms with E-state index in [4.69, 9.17) is 0 Å². The summed E-state index contributed by atoms with van der Waals surface area (Å²) in [7, 11) is 0. The SMILES string of the molecule is CC(CCc1ccccc1)[C@H]1CC[C@H]2[C@@H]3CC=C4C[C@@H](C)CC[C@]4(C)[C@H]3CC[C@]12C. The molecule has 0 amide bonds. The standard InChI is InChI=1S/C30H44/c1-21-16-18-29(3)24(20-21)12-13-25-27-15-14-26(30(27,4)19-17-28(25)29)22(2)10-11-23-8-6-5-7-9-23/h5-9,12,21-22,25-28H,10-11,13-20H2,1-4H3/t21-,22?,25-,26+,27-,28-,29-,30+/m0/s1. The van der Waals surface area contributed by atoms with Crippen LogP contribution in [-0.4, -0.2) is 0 Å². The van der Waals surface area contributed by atoms with Crippen LogP contribution in [-0.2, 0) is 6.42 Å². The lowest BCUT2D eigenvalue weighted by Gasteiger charge is -2.58. The van der Waals surface area contributed by atoms with Gasteiger partial charge < -0.3 is 0 Å². The maximum absolute atomic E-state index is 2.74. The Labute approximate surface area is 185 Å². The highest BCUT2D eigenvalue weighted by atomic mass is 14.6. The van der Waals surface area contributed by atoms with Crippen molar-refractivity contribution in [2.75, 3.05) is 0 Å². The molecule has 0 nitrogen and oxygen atoms in total. The quantitative estimate of drug-likeness (QED) is 0.441. The summed E-state index contributed by atoms with van der Waals surface area (Å²) in [5.74, 6) is 5.64. The summed E-state index contributed by atoms with van der Waals surface area (Å²) in [5.41, 5.74) is 4.52. The number of benzene rings is 1. The summed E-state index contributed by atoms with van der Waals surface area (Å²) in [4.78, 5) is 0. The van der Waals surface area contributed by atoms with Gasteiger partial charge in [0, 0.05) is 0 Å². The van der Waals surface area contributed by atoms with E-state index in [1.165, 1.54) is 69.8 Å². The third kappa shape index (κ3) is 3.32. The van der Waals surface area contributed by atoms with E-state index in [-0.39, 0.29) is 0 Å². The van der Waals surface area contributed by atoms with Gasteiger partial charge in [0.25, 0.3) is 0 Å². The summed E-state index contributed by atoms with van der Waals surface area (Å²) in [6, 6.07) is 11.2. The van der Waals surface area contributed by atoms with E-state index in [0.717, 1.165) is 35.5 Å². The van der Waals surface area contributed by atoms with E-state index in [2.05, 4.69) is 64.1 Å². The molecule has 0 radical (unpaired) electrons. The first-order valence-corrected chi connectivity index (χ1v) is 13.2. The Balaban J connectivity index is 1.31. The zero-order valence-corrected chi connectivity index (χ0v) is 20.0. The third-order valence-corrected chi connectivity index (χ3v) is 10.8. The van der Waals surface area contributed by atoms with Crippen molar-refractivity contribution in [3.63, 3.8) is 0 Å². The second-order valence-corrected chi connectivity index (χ2v) is 12.3. The van der Waals surface area contributed by atoms with Crippen molar-refractivity contribution >= 4 is 0 Å². The molecule has 164 valence electrons. The first kappa shape index (κ1) is 20.8. The van der Waals surface area contributed by atoms with Gasteiger partial charge in [-0.15, -0.1) is 0 Å². The highest BCUT2D eigenvalue weighted by Gasteiger charge is 2.58. The number of aryl methyl sites for hydroxylation is 1. The highest BCUT2D eigenvalue weighted by Crippen LogP contribution is 2.67. The molecule has 30 heavy (non-hydrogen) atoms. The van der Waals surface area contributed by atoms with Crippen molar-refractivity contribution in [2.45, 2.75) is 91.9 Å². The molecule has 0 N–H and O–H groups in total. The minimum absolute atomic E-state index is 0.535. The Hall–Kier alpha value is -1.04. The molecule has 1 aromatic carbocycles. The topological polar surface area (TPSA) is 0 Å². The fraction of sp³-hybridized carbons (Fsp3) is 0.733. The fourth-order valence-corrected chi connectivity index (χ4v) is 9.06. The molecule has 8 atom stereocenters. The van der Waals surface area contributed by atoms with Gasteiger partial charge in [-0.25, -0.2) is 0 Å². The highest BCUT2D eigenvalue weighted by molar-refractivity contribution is 5.25.